The highest BCUT2D eigenvalue weighted by atomic mass is 127. The average Bonchev–Trinajstić information content (AvgIpc) is 2.75. The van der Waals surface area contributed by atoms with Crippen LogP contribution < -0.4 is 10.6 Å². The van der Waals surface area contributed by atoms with Crippen molar-refractivity contribution in [3.05, 3.63) is 35.9 Å². The van der Waals surface area contributed by atoms with Gasteiger partial charge in [0.25, 0.3) is 0 Å². The molecule has 1 aromatic rings. The number of hydrogen-bond acceptors (Lipinski definition) is 4. The van der Waals surface area contributed by atoms with E-state index < -0.39 is 0 Å². The largest absolute Gasteiger partial charge is 0.381 e. The summed E-state index contributed by atoms with van der Waals surface area (Å²) < 4.78 is 17.1. The summed E-state index contributed by atoms with van der Waals surface area (Å²) in [5.41, 5.74) is 1.21. The Morgan fingerprint density at radius 1 is 1.10 bits per heavy atom. The predicted molar refractivity (Wildman–Crippen MR) is 129 cm³/mol. The molecular formula is C22H38IN3O3. The van der Waals surface area contributed by atoms with Gasteiger partial charge in [0.15, 0.2) is 5.96 Å². The van der Waals surface area contributed by atoms with E-state index in [9.17, 15) is 0 Å². The van der Waals surface area contributed by atoms with Gasteiger partial charge in [0, 0.05) is 53.2 Å². The lowest BCUT2D eigenvalue weighted by Gasteiger charge is -2.21. The first-order chi connectivity index (χ1) is 13.8. The van der Waals surface area contributed by atoms with Gasteiger partial charge in [0.2, 0.25) is 0 Å². The highest BCUT2D eigenvalue weighted by Crippen LogP contribution is 2.16. The molecule has 1 unspecified atom stereocenters. The van der Waals surface area contributed by atoms with Gasteiger partial charge >= 0.3 is 0 Å². The van der Waals surface area contributed by atoms with Crippen molar-refractivity contribution in [1.29, 1.82) is 0 Å². The molecule has 0 amide bonds. The Kier molecular flexibility index (Phi) is 15.2. The summed E-state index contributed by atoms with van der Waals surface area (Å²) in [6.45, 7) is 7.91. The van der Waals surface area contributed by atoms with Crippen molar-refractivity contribution >= 4 is 29.9 Å². The van der Waals surface area contributed by atoms with E-state index in [1.807, 2.05) is 18.2 Å². The van der Waals surface area contributed by atoms with Crippen LogP contribution in [0.25, 0.3) is 0 Å². The van der Waals surface area contributed by atoms with Gasteiger partial charge < -0.3 is 24.8 Å². The van der Waals surface area contributed by atoms with Crippen molar-refractivity contribution in [3.8, 4) is 0 Å². The lowest BCUT2D eigenvalue weighted by atomic mass is 10.0. The molecule has 1 atom stereocenters. The smallest absolute Gasteiger partial charge is 0.190 e. The first-order valence-electron chi connectivity index (χ1n) is 10.6. The molecular weight excluding hydrogens is 481 g/mol. The second-order valence-corrected chi connectivity index (χ2v) is 7.19. The molecule has 2 N–H and O–H groups in total. The fraction of sp³-hybridized carbons (Fsp3) is 0.682. The summed E-state index contributed by atoms with van der Waals surface area (Å²) in [4.78, 5) is 4.26. The Morgan fingerprint density at radius 3 is 2.41 bits per heavy atom. The summed E-state index contributed by atoms with van der Waals surface area (Å²) in [7, 11) is 1.80. The number of guanidine groups is 1. The number of halogens is 1. The predicted octanol–water partition coefficient (Wildman–Crippen LogP) is 3.77. The summed E-state index contributed by atoms with van der Waals surface area (Å²) in [6, 6.07) is 10.3. The van der Waals surface area contributed by atoms with Gasteiger partial charge in [0.1, 0.15) is 0 Å². The molecule has 1 saturated heterocycles. The minimum atomic E-state index is 0. The average molecular weight is 519 g/mol. The van der Waals surface area contributed by atoms with Crippen molar-refractivity contribution in [2.75, 3.05) is 53.2 Å². The van der Waals surface area contributed by atoms with E-state index in [-0.39, 0.29) is 30.1 Å². The third-order valence-corrected chi connectivity index (χ3v) is 4.93. The highest BCUT2D eigenvalue weighted by Gasteiger charge is 2.13. The lowest BCUT2D eigenvalue weighted by Crippen LogP contribution is -2.38. The van der Waals surface area contributed by atoms with Crippen LogP contribution in [0, 0.1) is 5.92 Å². The van der Waals surface area contributed by atoms with E-state index in [1.165, 1.54) is 5.56 Å². The quantitative estimate of drug-likeness (QED) is 0.191. The van der Waals surface area contributed by atoms with Gasteiger partial charge in [-0.05, 0) is 44.1 Å². The van der Waals surface area contributed by atoms with Crippen LogP contribution in [0.1, 0.15) is 44.3 Å². The van der Waals surface area contributed by atoms with Crippen LogP contribution >= 0.6 is 24.0 Å². The van der Waals surface area contributed by atoms with Crippen molar-refractivity contribution in [2.45, 2.75) is 38.7 Å². The first-order valence-corrected chi connectivity index (χ1v) is 10.6. The fourth-order valence-electron chi connectivity index (χ4n) is 3.12. The van der Waals surface area contributed by atoms with Crippen LogP contribution in [-0.2, 0) is 14.2 Å². The summed E-state index contributed by atoms with van der Waals surface area (Å²) in [5.74, 6) is 1.50. The molecule has 0 spiro atoms. The Hall–Kier alpha value is -0.900. The van der Waals surface area contributed by atoms with Crippen molar-refractivity contribution in [3.63, 3.8) is 0 Å². The van der Waals surface area contributed by atoms with Crippen molar-refractivity contribution in [1.82, 2.24) is 10.6 Å². The molecule has 1 fully saturated rings. The Labute approximate surface area is 193 Å². The summed E-state index contributed by atoms with van der Waals surface area (Å²) in [5, 5.41) is 6.66. The molecule has 0 aromatic heterocycles. The van der Waals surface area contributed by atoms with Gasteiger partial charge in [-0.2, -0.15) is 0 Å². The lowest BCUT2D eigenvalue weighted by molar-refractivity contribution is 0.0203. The van der Waals surface area contributed by atoms with E-state index in [4.69, 9.17) is 14.2 Å². The molecule has 0 saturated carbocycles. The highest BCUT2D eigenvalue weighted by molar-refractivity contribution is 14.0. The van der Waals surface area contributed by atoms with E-state index in [1.54, 1.807) is 7.05 Å². The van der Waals surface area contributed by atoms with Crippen LogP contribution in [0.15, 0.2) is 35.3 Å². The van der Waals surface area contributed by atoms with Crippen LogP contribution in [-0.4, -0.2) is 59.1 Å². The van der Waals surface area contributed by atoms with Crippen molar-refractivity contribution < 1.29 is 14.2 Å². The van der Waals surface area contributed by atoms with E-state index in [2.05, 4.69) is 34.7 Å². The molecule has 0 aliphatic carbocycles. The number of aliphatic imine (C=N–C) groups is 1. The van der Waals surface area contributed by atoms with Gasteiger partial charge in [-0.3, -0.25) is 4.99 Å². The van der Waals surface area contributed by atoms with Crippen molar-refractivity contribution in [2.24, 2.45) is 10.9 Å². The van der Waals surface area contributed by atoms with Crippen LogP contribution in [0.4, 0.5) is 0 Å². The molecule has 1 aliphatic rings. The minimum absolute atomic E-state index is 0. The van der Waals surface area contributed by atoms with E-state index in [0.717, 1.165) is 77.8 Å². The zero-order valence-corrected chi connectivity index (χ0v) is 20.2. The second kappa shape index (κ2) is 16.8. The number of rotatable bonds is 12. The van der Waals surface area contributed by atoms with E-state index >= 15 is 0 Å². The molecule has 166 valence electrons. The van der Waals surface area contributed by atoms with E-state index in [0.29, 0.717) is 5.92 Å². The fourth-order valence-corrected chi connectivity index (χ4v) is 3.12. The SMILES string of the molecule is CN=C(NCCCOCC1CCOCC1)NCCCOC(C)c1ccccc1.I. The summed E-state index contributed by atoms with van der Waals surface area (Å²) in [6.07, 6.45) is 4.29. The molecule has 6 nitrogen and oxygen atoms in total. The standard InChI is InChI=1S/C22H37N3O3.HI/c1-19(21-8-4-3-5-9-21)28-15-7-13-25-22(23-2)24-12-6-14-27-18-20-10-16-26-17-11-20;/h3-5,8-9,19-20H,6-7,10-18H2,1-2H3,(H2,23,24,25);1H. The van der Waals surface area contributed by atoms with Gasteiger partial charge in [0.05, 0.1) is 6.10 Å². The Balaban J connectivity index is 0.00000420. The van der Waals surface area contributed by atoms with Gasteiger partial charge in [-0.15, -0.1) is 24.0 Å². The molecule has 1 aliphatic heterocycles. The number of ether oxygens (including phenoxy) is 3. The maximum absolute atomic E-state index is 5.89. The first kappa shape index (κ1) is 26.1. The molecule has 0 radical (unpaired) electrons. The Bertz CT molecular complexity index is 539. The topological polar surface area (TPSA) is 64.1 Å². The number of hydrogen-bond donors (Lipinski definition) is 2. The number of nitrogens with zero attached hydrogens (tertiary/aromatic N) is 1. The maximum atomic E-state index is 5.89. The Morgan fingerprint density at radius 2 is 1.76 bits per heavy atom. The molecule has 1 heterocycles. The number of nitrogens with one attached hydrogen (secondary N) is 2. The normalized spacial score (nSPS) is 16.1. The summed E-state index contributed by atoms with van der Waals surface area (Å²) >= 11 is 0. The van der Waals surface area contributed by atoms with Gasteiger partial charge in [-0.25, -0.2) is 0 Å². The van der Waals surface area contributed by atoms with Crippen LogP contribution in [0.5, 0.6) is 0 Å². The molecule has 2 rings (SSSR count). The zero-order chi connectivity index (χ0) is 19.9. The monoisotopic (exact) mass is 519 g/mol. The molecule has 7 heteroatoms. The van der Waals surface area contributed by atoms with Gasteiger partial charge in [-0.1, -0.05) is 30.3 Å². The third-order valence-electron chi connectivity index (χ3n) is 4.93. The number of benzene rings is 1. The van der Waals surface area contributed by atoms with Crippen LogP contribution in [0.2, 0.25) is 0 Å². The minimum Gasteiger partial charge on any atom is -0.381 e. The second-order valence-electron chi connectivity index (χ2n) is 7.19. The maximum Gasteiger partial charge on any atom is 0.190 e. The van der Waals surface area contributed by atoms with Crippen LogP contribution in [0.3, 0.4) is 0 Å². The zero-order valence-electron chi connectivity index (χ0n) is 17.9. The third kappa shape index (κ3) is 11.8. The molecule has 1 aromatic carbocycles. The molecule has 29 heavy (non-hydrogen) atoms. The molecule has 0 bridgehead atoms.